The summed E-state index contributed by atoms with van der Waals surface area (Å²) in [5.41, 5.74) is 6.85. The maximum atomic E-state index is 13.4. The number of halogens is 2. The molecule has 0 aliphatic carbocycles. The summed E-state index contributed by atoms with van der Waals surface area (Å²) in [5.74, 6) is -0.929. The molecule has 19 heavy (non-hydrogen) atoms. The second kappa shape index (κ2) is 5.71. The minimum absolute atomic E-state index is 0.164. The Morgan fingerprint density at radius 2 is 2.05 bits per heavy atom. The van der Waals surface area contributed by atoms with E-state index in [4.69, 9.17) is 18.0 Å². The van der Waals surface area contributed by atoms with Gasteiger partial charge in [-0.25, -0.2) is 8.78 Å². The zero-order valence-corrected chi connectivity index (χ0v) is 10.7. The fraction of sp³-hybridized carbons (Fsp3) is 0.0769. The maximum absolute atomic E-state index is 13.4. The van der Waals surface area contributed by atoms with Gasteiger partial charge in [0.2, 0.25) is 0 Å². The van der Waals surface area contributed by atoms with Crippen LogP contribution in [0, 0.1) is 11.6 Å². The minimum atomic E-state index is -0.472. The number of nitrogens with two attached hydrogens (primary N) is 1. The Labute approximate surface area is 114 Å². The molecule has 0 aliphatic heterocycles. The van der Waals surface area contributed by atoms with Gasteiger partial charge in [-0.3, -0.25) is 4.98 Å². The number of nitrogens with zero attached hydrogens (tertiary/aromatic N) is 1. The van der Waals surface area contributed by atoms with Crippen LogP contribution in [0.3, 0.4) is 0 Å². The van der Waals surface area contributed by atoms with Crippen molar-refractivity contribution in [2.45, 2.75) is 6.54 Å². The molecule has 3 nitrogen and oxygen atoms in total. The predicted octanol–water partition coefficient (Wildman–Crippen LogP) is 2.61. The number of benzene rings is 1. The average molecular weight is 279 g/mol. The number of anilines is 1. The van der Waals surface area contributed by atoms with Crippen molar-refractivity contribution in [2.24, 2.45) is 5.73 Å². The smallest absolute Gasteiger partial charge is 0.128 e. The van der Waals surface area contributed by atoms with Gasteiger partial charge in [-0.2, -0.15) is 0 Å². The quantitative estimate of drug-likeness (QED) is 0.845. The lowest BCUT2D eigenvalue weighted by Crippen LogP contribution is -2.11. The fourth-order valence-corrected chi connectivity index (χ4v) is 1.64. The number of pyridine rings is 1. The van der Waals surface area contributed by atoms with Crippen LogP contribution in [-0.4, -0.2) is 9.97 Å². The van der Waals surface area contributed by atoms with Gasteiger partial charge >= 0.3 is 0 Å². The molecular formula is C13H11F2N3S. The van der Waals surface area contributed by atoms with Crippen LogP contribution < -0.4 is 11.1 Å². The molecule has 2 aromatic rings. The first-order chi connectivity index (χ1) is 9.06. The van der Waals surface area contributed by atoms with E-state index in [1.165, 1.54) is 6.20 Å². The Morgan fingerprint density at radius 1 is 1.26 bits per heavy atom. The SMILES string of the molecule is NC(=S)c1ccc(NCc2cc(F)ccc2F)cn1. The van der Waals surface area contributed by atoms with Crippen molar-refractivity contribution in [1.29, 1.82) is 0 Å². The van der Waals surface area contributed by atoms with E-state index in [1.54, 1.807) is 12.1 Å². The van der Waals surface area contributed by atoms with E-state index in [0.29, 0.717) is 11.4 Å². The second-order valence-corrected chi connectivity index (χ2v) is 4.33. The summed E-state index contributed by atoms with van der Waals surface area (Å²) in [5, 5.41) is 2.94. The summed E-state index contributed by atoms with van der Waals surface area (Å²) in [4.78, 5) is 4.24. The Bertz CT molecular complexity index is 599. The normalized spacial score (nSPS) is 10.2. The van der Waals surface area contributed by atoms with Crippen molar-refractivity contribution in [3.8, 4) is 0 Å². The third-order valence-corrected chi connectivity index (χ3v) is 2.72. The Balaban J connectivity index is 2.06. The molecule has 98 valence electrons. The molecule has 0 bridgehead atoms. The lowest BCUT2D eigenvalue weighted by molar-refractivity contribution is 0.587. The lowest BCUT2D eigenvalue weighted by atomic mass is 10.2. The number of nitrogens with one attached hydrogen (secondary N) is 1. The Hall–Kier alpha value is -2.08. The van der Waals surface area contributed by atoms with Crippen molar-refractivity contribution in [1.82, 2.24) is 4.98 Å². The largest absolute Gasteiger partial charge is 0.388 e. The fourth-order valence-electron chi connectivity index (χ4n) is 1.52. The van der Waals surface area contributed by atoms with Gasteiger partial charge in [0.05, 0.1) is 17.6 Å². The third-order valence-electron chi connectivity index (χ3n) is 2.51. The molecule has 2 rings (SSSR count). The van der Waals surface area contributed by atoms with Crippen LogP contribution in [0.5, 0.6) is 0 Å². The van der Waals surface area contributed by atoms with Crippen LogP contribution in [0.15, 0.2) is 36.5 Å². The van der Waals surface area contributed by atoms with Crippen LogP contribution in [0.25, 0.3) is 0 Å². The van der Waals surface area contributed by atoms with Crippen molar-refractivity contribution in [3.63, 3.8) is 0 Å². The van der Waals surface area contributed by atoms with E-state index >= 15 is 0 Å². The molecule has 0 saturated carbocycles. The highest BCUT2D eigenvalue weighted by atomic mass is 32.1. The summed E-state index contributed by atoms with van der Waals surface area (Å²) in [6.45, 7) is 0.164. The van der Waals surface area contributed by atoms with Crippen LogP contribution >= 0.6 is 12.2 Å². The van der Waals surface area contributed by atoms with E-state index < -0.39 is 11.6 Å². The highest BCUT2D eigenvalue weighted by Gasteiger charge is 2.04. The minimum Gasteiger partial charge on any atom is -0.388 e. The van der Waals surface area contributed by atoms with Crippen molar-refractivity contribution < 1.29 is 8.78 Å². The van der Waals surface area contributed by atoms with Gasteiger partial charge in [-0.15, -0.1) is 0 Å². The van der Waals surface area contributed by atoms with Gasteiger partial charge in [-0.1, -0.05) is 12.2 Å². The number of hydrogen-bond acceptors (Lipinski definition) is 3. The molecule has 0 amide bonds. The number of thiocarbonyl (C=S) groups is 1. The van der Waals surface area contributed by atoms with Gasteiger partial charge in [0, 0.05) is 12.1 Å². The third kappa shape index (κ3) is 3.45. The van der Waals surface area contributed by atoms with Crippen LogP contribution in [0.4, 0.5) is 14.5 Å². The zero-order valence-electron chi connectivity index (χ0n) is 9.86. The molecule has 1 aromatic heterocycles. The zero-order chi connectivity index (χ0) is 13.8. The van der Waals surface area contributed by atoms with E-state index in [-0.39, 0.29) is 17.1 Å². The number of rotatable bonds is 4. The standard InChI is InChI=1S/C13H11F2N3S/c14-9-1-3-11(15)8(5-9)6-17-10-2-4-12(13(16)19)18-7-10/h1-5,7,17H,6H2,(H2,16,19). The highest BCUT2D eigenvalue weighted by molar-refractivity contribution is 7.80. The summed E-state index contributed by atoms with van der Waals surface area (Å²) < 4.78 is 26.4. The average Bonchev–Trinajstić information content (AvgIpc) is 2.40. The second-order valence-electron chi connectivity index (χ2n) is 3.89. The van der Waals surface area contributed by atoms with Crippen LogP contribution in [0.1, 0.15) is 11.3 Å². The molecule has 0 unspecified atom stereocenters. The molecule has 1 heterocycles. The summed E-state index contributed by atoms with van der Waals surface area (Å²) in [7, 11) is 0. The van der Waals surface area contributed by atoms with Crippen molar-refractivity contribution in [3.05, 3.63) is 59.4 Å². The predicted molar refractivity (Wildman–Crippen MR) is 73.8 cm³/mol. The van der Waals surface area contributed by atoms with Crippen molar-refractivity contribution in [2.75, 3.05) is 5.32 Å². The van der Waals surface area contributed by atoms with Gasteiger partial charge in [0.1, 0.15) is 16.6 Å². The maximum Gasteiger partial charge on any atom is 0.128 e. The van der Waals surface area contributed by atoms with E-state index in [2.05, 4.69) is 10.3 Å². The molecule has 0 saturated heterocycles. The van der Waals surface area contributed by atoms with E-state index in [1.807, 2.05) is 0 Å². The van der Waals surface area contributed by atoms with Crippen molar-refractivity contribution >= 4 is 22.9 Å². The number of aromatic nitrogens is 1. The Kier molecular flexibility index (Phi) is 4.01. The van der Waals surface area contributed by atoms with Gasteiger partial charge in [0.15, 0.2) is 0 Å². The molecule has 0 atom stereocenters. The summed E-state index contributed by atoms with van der Waals surface area (Å²) in [6, 6.07) is 6.71. The van der Waals surface area contributed by atoms with Crippen LogP contribution in [-0.2, 0) is 6.54 Å². The summed E-state index contributed by atoms with van der Waals surface area (Å²) >= 11 is 4.78. The van der Waals surface area contributed by atoms with E-state index in [9.17, 15) is 8.78 Å². The molecule has 3 N–H and O–H groups in total. The topological polar surface area (TPSA) is 50.9 Å². The summed E-state index contributed by atoms with van der Waals surface area (Å²) in [6.07, 6.45) is 1.53. The first-order valence-corrected chi connectivity index (χ1v) is 5.91. The van der Waals surface area contributed by atoms with Gasteiger partial charge < -0.3 is 11.1 Å². The lowest BCUT2D eigenvalue weighted by Gasteiger charge is -2.07. The highest BCUT2D eigenvalue weighted by Crippen LogP contribution is 2.13. The van der Waals surface area contributed by atoms with Crippen LogP contribution in [0.2, 0.25) is 0 Å². The molecule has 1 aromatic carbocycles. The monoisotopic (exact) mass is 279 g/mol. The van der Waals surface area contributed by atoms with Gasteiger partial charge in [-0.05, 0) is 30.3 Å². The molecular weight excluding hydrogens is 268 g/mol. The molecule has 0 fully saturated rings. The molecule has 0 aliphatic rings. The molecule has 0 spiro atoms. The van der Waals surface area contributed by atoms with E-state index in [0.717, 1.165) is 18.2 Å². The molecule has 0 radical (unpaired) electrons. The first-order valence-electron chi connectivity index (χ1n) is 5.50. The number of hydrogen-bond donors (Lipinski definition) is 2. The first kappa shape index (κ1) is 13.4. The molecule has 6 heteroatoms. The Morgan fingerprint density at radius 3 is 2.68 bits per heavy atom. The van der Waals surface area contributed by atoms with Gasteiger partial charge in [0.25, 0.3) is 0 Å².